The molecular weight excluding hydrogens is 250 g/mol. The van der Waals surface area contributed by atoms with Gasteiger partial charge in [-0.1, -0.05) is 70.6 Å². The van der Waals surface area contributed by atoms with Gasteiger partial charge in [0.15, 0.2) is 0 Å². The summed E-state index contributed by atoms with van der Waals surface area (Å²) < 4.78 is 0. The van der Waals surface area contributed by atoms with E-state index in [4.69, 9.17) is 5.73 Å². The van der Waals surface area contributed by atoms with Crippen LogP contribution in [0.15, 0.2) is 0 Å². The Hall–Kier alpha value is -0.570. The van der Waals surface area contributed by atoms with Crippen molar-refractivity contribution in [2.24, 2.45) is 11.7 Å². The summed E-state index contributed by atoms with van der Waals surface area (Å²) in [5.74, 6) is -0.875. The second kappa shape index (κ2) is 11.1. The fourth-order valence-electron chi connectivity index (χ4n) is 3.21. The van der Waals surface area contributed by atoms with E-state index in [1.54, 1.807) is 0 Å². The van der Waals surface area contributed by atoms with Crippen molar-refractivity contribution in [2.75, 3.05) is 0 Å². The number of aliphatic carboxylic acids is 1. The van der Waals surface area contributed by atoms with Crippen molar-refractivity contribution < 1.29 is 9.90 Å². The Morgan fingerprint density at radius 2 is 1.15 bits per heavy atom. The van der Waals surface area contributed by atoms with Crippen LogP contribution in [0.5, 0.6) is 0 Å². The molecule has 0 saturated heterocycles. The van der Waals surface area contributed by atoms with E-state index in [1.807, 2.05) is 0 Å². The lowest BCUT2D eigenvalue weighted by atomic mass is 9.91. The Balaban J connectivity index is 2.36. The highest BCUT2D eigenvalue weighted by molar-refractivity contribution is 5.69. The standard InChI is InChI=1S/C17H33NO2/c18-16-13-11-9-7-5-3-1-2-4-6-8-10-12-15(14-16)17(19)20/h15-16H,1-14,18H2,(H,19,20). The van der Waals surface area contributed by atoms with E-state index in [1.165, 1.54) is 57.8 Å². The molecule has 2 unspecified atom stereocenters. The van der Waals surface area contributed by atoms with Crippen LogP contribution in [0.2, 0.25) is 0 Å². The van der Waals surface area contributed by atoms with Gasteiger partial charge in [0.25, 0.3) is 0 Å². The van der Waals surface area contributed by atoms with Crippen LogP contribution in [0.4, 0.5) is 0 Å². The van der Waals surface area contributed by atoms with Crippen molar-refractivity contribution in [3.05, 3.63) is 0 Å². The first-order valence-corrected chi connectivity index (χ1v) is 8.68. The first kappa shape index (κ1) is 17.5. The van der Waals surface area contributed by atoms with Crippen LogP contribution < -0.4 is 5.73 Å². The molecule has 0 aromatic carbocycles. The molecule has 0 aliphatic heterocycles. The van der Waals surface area contributed by atoms with Gasteiger partial charge >= 0.3 is 5.97 Å². The van der Waals surface area contributed by atoms with Gasteiger partial charge in [0.05, 0.1) is 5.92 Å². The predicted molar refractivity (Wildman–Crippen MR) is 83.7 cm³/mol. The van der Waals surface area contributed by atoms with Crippen molar-refractivity contribution in [3.63, 3.8) is 0 Å². The molecule has 0 heterocycles. The first-order chi connectivity index (χ1) is 9.70. The molecule has 0 radical (unpaired) electrons. The summed E-state index contributed by atoms with van der Waals surface area (Å²) in [5, 5.41) is 9.29. The van der Waals surface area contributed by atoms with Crippen LogP contribution in [0.1, 0.15) is 89.9 Å². The molecule has 118 valence electrons. The molecular formula is C17H33NO2. The summed E-state index contributed by atoms with van der Waals surface area (Å²) >= 11 is 0. The average Bonchev–Trinajstić information content (AvgIpc) is 2.41. The number of carboxylic acid groups (broad SMARTS) is 1. The van der Waals surface area contributed by atoms with E-state index in [0.29, 0.717) is 6.42 Å². The van der Waals surface area contributed by atoms with E-state index < -0.39 is 5.97 Å². The molecule has 1 aliphatic rings. The molecule has 1 rings (SSSR count). The maximum absolute atomic E-state index is 11.3. The lowest BCUT2D eigenvalue weighted by molar-refractivity contribution is -0.142. The van der Waals surface area contributed by atoms with Crippen LogP contribution in [0.3, 0.4) is 0 Å². The van der Waals surface area contributed by atoms with E-state index in [9.17, 15) is 9.90 Å². The van der Waals surface area contributed by atoms with Crippen LogP contribution in [-0.2, 0) is 4.79 Å². The van der Waals surface area contributed by atoms with Gasteiger partial charge in [0.1, 0.15) is 0 Å². The molecule has 0 spiro atoms. The van der Waals surface area contributed by atoms with Crippen LogP contribution in [-0.4, -0.2) is 17.1 Å². The molecule has 3 heteroatoms. The maximum atomic E-state index is 11.3. The SMILES string of the molecule is NC1CCCCCCCCCCCCCC(C(=O)O)C1. The molecule has 1 aliphatic carbocycles. The number of carboxylic acids is 1. The number of rotatable bonds is 1. The van der Waals surface area contributed by atoms with E-state index in [0.717, 1.165) is 25.7 Å². The summed E-state index contributed by atoms with van der Waals surface area (Å²) in [6.45, 7) is 0. The van der Waals surface area contributed by atoms with Gasteiger partial charge in [-0.15, -0.1) is 0 Å². The highest BCUT2D eigenvalue weighted by Gasteiger charge is 2.20. The van der Waals surface area contributed by atoms with Crippen LogP contribution in [0.25, 0.3) is 0 Å². The Morgan fingerprint density at radius 3 is 1.60 bits per heavy atom. The molecule has 1 fully saturated rings. The topological polar surface area (TPSA) is 63.3 Å². The summed E-state index contributed by atoms with van der Waals surface area (Å²) in [4.78, 5) is 11.3. The fourth-order valence-corrected chi connectivity index (χ4v) is 3.21. The second-order valence-corrected chi connectivity index (χ2v) is 6.50. The third kappa shape index (κ3) is 8.57. The smallest absolute Gasteiger partial charge is 0.306 e. The second-order valence-electron chi connectivity index (χ2n) is 6.50. The van der Waals surface area contributed by atoms with Crippen molar-refractivity contribution in [1.82, 2.24) is 0 Å². The van der Waals surface area contributed by atoms with Gasteiger partial charge in [-0.05, 0) is 19.3 Å². The summed E-state index contributed by atoms with van der Waals surface area (Å²) in [5.41, 5.74) is 6.11. The number of nitrogens with two attached hydrogens (primary N) is 1. The molecule has 20 heavy (non-hydrogen) atoms. The minimum absolute atomic E-state index is 0.0732. The molecule has 0 aromatic heterocycles. The highest BCUT2D eigenvalue weighted by atomic mass is 16.4. The molecule has 1 saturated carbocycles. The monoisotopic (exact) mass is 283 g/mol. The Labute approximate surface area is 124 Å². The molecule has 2 atom stereocenters. The Bertz CT molecular complexity index is 255. The van der Waals surface area contributed by atoms with E-state index in [2.05, 4.69) is 0 Å². The molecule has 3 N–H and O–H groups in total. The summed E-state index contributed by atoms with van der Waals surface area (Å²) in [7, 11) is 0. The lowest BCUT2D eigenvalue weighted by Crippen LogP contribution is -2.27. The minimum atomic E-state index is -0.651. The van der Waals surface area contributed by atoms with E-state index in [-0.39, 0.29) is 12.0 Å². The summed E-state index contributed by atoms with van der Waals surface area (Å²) in [6, 6.07) is 0.0732. The van der Waals surface area contributed by atoms with Crippen LogP contribution >= 0.6 is 0 Å². The fraction of sp³-hybridized carbons (Fsp3) is 0.941. The molecule has 0 aromatic rings. The summed E-state index contributed by atoms with van der Waals surface area (Å²) in [6.07, 6.45) is 16.5. The Kier molecular flexibility index (Phi) is 9.73. The van der Waals surface area contributed by atoms with Gasteiger partial charge in [0, 0.05) is 6.04 Å². The van der Waals surface area contributed by atoms with Gasteiger partial charge in [-0.3, -0.25) is 4.79 Å². The minimum Gasteiger partial charge on any atom is -0.481 e. The normalized spacial score (nSPS) is 28.9. The number of carbonyl (C=O) groups is 1. The largest absolute Gasteiger partial charge is 0.481 e. The van der Waals surface area contributed by atoms with Gasteiger partial charge in [0.2, 0.25) is 0 Å². The number of hydrogen-bond donors (Lipinski definition) is 2. The van der Waals surface area contributed by atoms with Gasteiger partial charge < -0.3 is 10.8 Å². The molecule has 0 amide bonds. The Morgan fingerprint density at radius 1 is 0.750 bits per heavy atom. The average molecular weight is 283 g/mol. The molecule has 3 nitrogen and oxygen atoms in total. The zero-order chi connectivity index (χ0) is 14.6. The highest BCUT2D eigenvalue weighted by Crippen LogP contribution is 2.20. The van der Waals surface area contributed by atoms with Crippen molar-refractivity contribution in [3.8, 4) is 0 Å². The third-order valence-corrected chi connectivity index (χ3v) is 4.56. The van der Waals surface area contributed by atoms with Crippen molar-refractivity contribution in [1.29, 1.82) is 0 Å². The van der Waals surface area contributed by atoms with Crippen LogP contribution in [0, 0.1) is 5.92 Å². The van der Waals surface area contributed by atoms with E-state index >= 15 is 0 Å². The first-order valence-electron chi connectivity index (χ1n) is 8.68. The zero-order valence-corrected chi connectivity index (χ0v) is 13.0. The van der Waals surface area contributed by atoms with Gasteiger partial charge in [-0.2, -0.15) is 0 Å². The van der Waals surface area contributed by atoms with Crippen molar-refractivity contribution >= 4 is 5.97 Å². The number of hydrogen-bond acceptors (Lipinski definition) is 2. The third-order valence-electron chi connectivity index (χ3n) is 4.56. The predicted octanol–water partition coefficient (Wildman–Crippen LogP) is 4.49. The van der Waals surface area contributed by atoms with Crippen molar-refractivity contribution in [2.45, 2.75) is 95.9 Å². The van der Waals surface area contributed by atoms with Gasteiger partial charge in [-0.25, -0.2) is 0 Å². The molecule has 0 bridgehead atoms. The quantitative estimate of drug-likeness (QED) is 0.745. The lowest BCUT2D eigenvalue weighted by Gasteiger charge is -2.18. The zero-order valence-electron chi connectivity index (χ0n) is 13.0. The maximum Gasteiger partial charge on any atom is 0.306 e.